The highest BCUT2D eigenvalue weighted by molar-refractivity contribution is 6.34. The summed E-state index contributed by atoms with van der Waals surface area (Å²) in [5.41, 5.74) is 2.34. The van der Waals surface area contributed by atoms with Crippen molar-refractivity contribution in [1.29, 1.82) is 0 Å². The fourth-order valence-electron chi connectivity index (χ4n) is 1.80. The van der Waals surface area contributed by atoms with Gasteiger partial charge in [0.1, 0.15) is 0 Å². The number of halogens is 1. The van der Waals surface area contributed by atoms with Crippen LogP contribution in [0.25, 0.3) is 0 Å². The zero-order valence-electron chi connectivity index (χ0n) is 10.8. The fraction of sp³-hybridized carbons (Fsp3) is 0.133. The molecule has 0 bridgehead atoms. The average Bonchev–Trinajstić information content (AvgIpc) is 2.42. The number of hydrogen-bond acceptors (Lipinski definition) is 2. The Bertz CT molecular complexity index is 584. The van der Waals surface area contributed by atoms with Crippen molar-refractivity contribution in [1.82, 2.24) is 0 Å². The summed E-state index contributed by atoms with van der Waals surface area (Å²) in [4.78, 5) is 13.4. The largest absolute Gasteiger partial charge is 0.452 e. The first kappa shape index (κ1) is 13.4. The van der Waals surface area contributed by atoms with Crippen LogP contribution in [0.15, 0.2) is 48.5 Å². The first-order valence-electron chi connectivity index (χ1n) is 5.83. The molecule has 0 unspecified atom stereocenters. The second-order valence-electron chi connectivity index (χ2n) is 4.10. The summed E-state index contributed by atoms with van der Waals surface area (Å²) in [5, 5.41) is 0.509. The zero-order chi connectivity index (χ0) is 13.8. The molecule has 0 heterocycles. The van der Waals surface area contributed by atoms with Crippen LogP contribution in [0.3, 0.4) is 0 Å². The van der Waals surface area contributed by atoms with Crippen molar-refractivity contribution in [2.45, 2.75) is 6.92 Å². The van der Waals surface area contributed by atoms with Gasteiger partial charge in [-0.25, -0.2) is 9.69 Å². The highest BCUT2D eigenvalue weighted by atomic mass is 35.5. The maximum Gasteiger partial charge on any atom is 0.418 e. The molecule has 19 heavy (non-hydrogen) atoms. The van der Waals surface area contributed by atoms with Crippen molar-refractivity contribution in [3.05, 3.63) is 59.1 Å². The molecule has 0 aliphatic rings. The van der Waals surface area contributed by atoms with E-state index in [1.807, 2.05) is 55.5 Å². The van der Waals surface area contributed by atoms with Gasteiger partial charge >= 0.3 is 6.09 Å². The zero-order valence-corrected chi connectivity index (χ0v) is 11.5. The lowest BCUT2D eigenvalue weighted by Crippen LogP contribution is -2.25. The topological polar surface area (TPSA) is 29.5 Å². The third-order valence-corrected chi connectivity index (χ3v) is 3.02. The number of aryl methyl sites for hydroxylation is 1. The van der Waals surface area contributed by atoms with E-state index >= 15 is 0 Å². The molecule has 0 N–H and O–H groups in total. The molecule has 0 aromatic heterocycles. The number of para-hydroxylation sites is 1. The van der Waals surface area contributed by atoms with Crippen LogP contribution in [0, 0.1) is 6.92 Å². The second-order valence-corrected chi connectivity index (χ2v) is 4.50. The van der Waals surface area contributed by atoms with Crippen LogP contribution in [0.1, 0.15) is 5.56 Å². The highest BCUT2D eigenvalue weighted by Gasteiger charge is 2.20. The molecule has 0 saturated carbocycles. The van der Waals surface area contributed by atoms with Crippen LogP contribution in [0.5, 0.6) is 0 Å². The molecule has 0 atom stereocenters. The summed E-state index contributed by atoms with van der Waals surface area (Å²) >= 11 is 6.23. The number of ether oxygens (including phenoxy) is 1. The van der Waals surface area contributed by atoms with Crippen molar-refractivity contribution in [3.8, 4) is 0 Å². The Labute approximate surface area is 117 Å². The number of hydrogen-bond donors (Lipinski definition) is 0. The van der Waals surface area contributed by atoms with Gasteiger partial charge in [-0.05, 0) is 36.8 Å². The fourth-order valence-corrected chi connectivity index (χ4v) is 2.12. The summed E-state index contributed by atoms with van der Waals surface area (Å²) in [5.74, 6) is 0. The van der Waals surface area contributed by atoms with Gasteiger partial charge in [-0.2, -0.15) is 0 Å². The van der Waals surface area contributed by atoms with Crippen LogP contribution in [-0.4, -0.2) is 13.2 Å². The van der Waals surface area contributed by atoms with E-state index in [9.17, 15) is 4.79 Å². The molecule has 0 radical (unpaired) electrons. The van der Waals surface area contributed by atoms with Crippen molar-refractivity contribution in [3.63, 3.8) is 0 Å². The maximum absolute atomic E-state index is 12.0. The molecule has 2 aromatic carbocycles. The Hall–Kier alpha value is -2.00. The summed E-state index contributed by atoms with van der Waals surface area (Å²) in [6.07, 6.45) is -0.475. The molecule has 2 aromatic rings. The van der Waals surface area contributed by atoms with Crippen molar-refractivity contribution in [2.75, 3.05) is 12.0 Å². The van der Waals surface area contributed by atoms with E-state index in [1.54, 1.807) is 0 Å². The molecule has 2 rings (SSSR count). The standard InChI is InChI=1S/C15H14ClNO2/c1-11-8-9-14(13(16)10-11)17(15(18)19-2)12-6-4-3-5-7-12/h3-10H,1-2H3. The van der Waals surface area contributed by atoms with E-state index in [-0.39, 0.29) is 0 Å². The Kier molecular flexibility index (Phi) is 4.07. The molecule has 98 valence electrons. The number of anilines is 2. The summed E-state index contributed by atoms with van der Waals surface area (Å²) < 4.78 is 4.83. The number of nitrogens with zero attached hydrogens (tertiary/aromatic N) is 1. The number of methoxy groups -OCH3 is 1. The van der Waals surface area contributed by atoms with Gasteiger partial charge in [0, 0.05) is 0 Å². The van der Waals surface area contributed by atoms with E-state index in [1.165, 1.54) is 12.0 Å². The Morgan fingerprint density at radius 3 is 2.42 bits per heavy atom. The number of carbonyl (C=O) groups is 1. The van der Waals surface area contributed by atoms with E-state index in [0.717, 1.165) is 5.56 Å². The second kappa shape index (κ2) is 5.76. The Balaban J connectivity index is 2.52. The third kappa shape index (κ3) is 2.88. The molecule has 0 spiro atoms. The first-order valence-corrected chi connectivity index (χ1v) is 6.20. The SMILES string of the molecule is COC(=O)N(c1ccccc1)c1ccc(C)cc1Cl. The number of amides is 1. The van der Waals surface area contributed by atoms with Crippen molar-refractivity contribution >= 4 is 29.1 Å². The van der Waals surface area contributed by atoms with Gasteiger partial charge < -0.3 is 4.74 Å². The van der Waals surface area contributed by atoms with Gasteiger partial charge in [-0.15, -0.1) is 0 Å². The van der Waals surface area contributed by atoms with Crippen molar-refractivity contribution < 1.29 is 9.53 Å². The van der Waals surface area contributed by atoms with Crippen LogP contribution in [0.4, 0.5) is 16.2 Å². The molecule has 0 aliphatic heterocycles. The van der Waals surface area contributed by atoms with E-state index in [0.29, 0.717) is 16.4 Å². The minimum absolute atomic E-state index is 0.475. The van der Waals surface area contributed by atoms with Crippen molar-refractivity contribution in [2.24, 2.45) is 0 Å². The lowest BCUT2D eigenvalue weighted by atomic mass is 10.2. The first-order chi connectivity index (χ1) is 9.13. The monoisotopic (exact) mass is 275 g/mol. The quantitative estimate of drug-likeness (QED) is 0.804. The van der Waals surface area contributed by atoms with E-state index in [2.05, 4.69) is 0 Å². The number of benzene rings is 2. The summed E-state index contributed by atoms with van der Waals surface area (Å²) in [6.45, 7) is 1.95. The molecule has 3 nitrogen and oxygen atoms in total. The number of rotatable bonds is 2. The normalized spacial score (nSPS) is 10.1. The third-order valence-electron chi connectivity index (χ3n) is 2.72. The minimum Gasteiger partial charge on any atom is -0.452 e. The molecular formula is C15H14ClNO2. The van der Waals surface area contributed by atoms with Gasteiger partial charge in [-0.1, -0.05) is 35.9 Å². The van der Waals surface area contributed by atoms with Gasteiger partial charge in [-0.3, -0.25) is 0 Å². The van der Waals surface area contributed by atoms with Gasteiger partial charge in [0.25, 0.3) is 0 Å². The molecule has 0 fully saturated rings. The average molecular weight is 276 g/mol. The summed E-state index contributed by atoms with van der Waals surface area (Å²) in [6, 6.07) is 14.8. The smallest absolute Gasteiger partial charge is 0.418 e. The summed E-state index contributed by atoms with van der Waals surface area (Å²) in [7, 11) is 1.35. The van der Waals surface area contributed by atoms with Crippen LogP contribution in [0.2, 0.25) is 5.02 Å². The van der Waals surface area contributed by atoms with Crippen LogP contribution >= 0.6 is 11.6 Å². The maximum atomic E-state index is 12.0. The predicted octanol–water partition coefficient (Wildman–Crippen LogP) is 4.55. The van der Waals surface area contributed by atoms with E-state index in [4.69, 9.17) is 16.3 Å². The molecular weight excluding hydrogens is 262 g/mol. The van der Waals surface area contributed by atoms with E-state index < -0.39 is 6.09 Å². The Morgan fingerprint density at radius 1 is 1.16 bits per heavy atom. The lowest BCUT2D eigenvalue weighted by molar-refractivity contribution is 0.181. The lowest BCUT2D eigenvalue weighted by Gasteiger charge is -2.22. The van der Waals surface area contributed by atoms with Crippen LogP contribution < -0.4 is 4.90 Å². The molecule has 1 amide bonds. The Morgan fingerprint density at radius 2 is 1.84 bits per heavy atom. The van der Waals surface area contributed by atoms with Gasteiger partial charge in [0.05, 0.1) is 23.5 Å². The molecule has 0 saturated heterocycles. The predicted molar refractivity (Wildman–Crippen MR) is 77.2 cm³/mol. The van der Waals surface area contributed by atoms with Gasteiger partial charge in [0.2, 0.25) is 0 Å². The van der Waals surface area contributed by atoms with Gasteiger partial charge in [0.15, 0.2) is 0 Å². The number of carbonyl (C=O) groups excluding carboxylic acids is 1. The molecule has 4 heteroatoms. The van der Waals surface area contributed by atoms with Crippen LogP contribution in [-0.2, 0) is 4.74 Å². The molecule has 0 aliphatic carbocycles. The highest BCUT2D eigenvalue weighted by Crippen LogP contribution is 2.33. The minimum atomic E-state index is -0.475.